The fourth-order valence-electron chi connectivity index (χ4n) is 2.44. The van der Waals surface area contributed by atoms with Crippen molar-refractivity contribution in [1.29, 1.82) is 0 Å². The van der Waals surface area contributed by atoms with E-state index in [1.165, 1.54) is 36.8 Å². The first-order valence-electron chi connectivity index (χ1n) is 7.09. The smallest absolute Gasteiger partial charge is 0.0480 e. The molecule has 0 spiro atoms. The van der Waals surface area contributed by atoms with E-state index >= 15 is 0 Å². The molecule has 3 N–H and O–H groups in total. The monoisotopic (exact) mass is 249 g/mol. The summed E-state index contributed by atoms with van der Waals surface area (Å²) < 4.78 is 0. The molecule has 18 heavy (non-hydrogen) atoms. The van der Waals surface area contributed by atoms with Gasteiger partial charge in [0.25, 0.3) is 0 Å². The van der Waals surface area contributed by atoms with Crippen LogP contribution in [0.25, 0.3) is 0 Å². The lowest BCUT2D eigenvalue weighted by atomic mass is 9.89. The minimum Gasteiger partial charge on any atom is -0.271 e. The molecule has 0 bridgehead atoms. The zero-order chi connectivity index (χ0) is 13.4. The Morgan fingerprint density at radius 2 is 2.17 bits per heavy atom. The zero-order valence-electron chi connectivity index (χ0n) is 11.9. The summed E-state index contributed by atoms with van der Waals surface area (Å²) >= 11 is 0. The van der Waals surface area contributed by atoms with Crippen molar-refractivity contribution >= 4 is 0 Å². The molecule has 0 fully saturated rings. The molecular weight excluding hydrogens is 222 g/mol. The van der Waals surface area contributed by atoms with Gasteiger partial charge in [-0.05, 0) is 36.5 Å². The third kappa shape index (κ3) is 4.39. The molecule has 0 saturated carbocycles. The first-order valence-corrected chi connectivity index (χ1v) is 7.09. The number of hydrazine groups is 1. The summed E-state index contributed by atoms with van der Waals surface area (Å²) in [6.45, 7) is 6.63. The van der Waals surface area contributed by atoms with Crippen LogP contribution in [0.4, 0.5) is 0 Å². The highest BCUT2D eigenvalue weighted by Gasteiger charge is 2.17. The fourth-order valence-corrected chi connectivity index (χ4v) is 2.44. The predicted molar refractivity (Wildman–Crippen MR) is 77.0 cm³/mol. The lowest BCUT2D eigenvalue weighted by Gasteiger charge is -2.23. The molecule has 0 aliphatic heterocycles. The highest BCUT2D eigenvalue weighted by molar-refractivity contribution is 5.24. The number of aromatic nitrogens is 1. The molecule has 0 amide bonds. The second-order valence-corrected chi connectivity index (χ2v) is 5.10. The molecule has 0 aromatic carbocycles. The Bertz CT molecular complexity index is 338. The van der Waals surface area contributed by atoms with Crippen molar-refractivity contribution in [3.63, 3.8) is 0 Å². The number of pyridine rings is 1. The molecule has 1 aromatic rings. The summed E-state index contributed by atoms with van der Waals surface area (Å²) in [4.78, 5) is 4.21. The average molecular weight is 249 g/mol. The van der Waals surface area contributed by atoms with Crippen molar-refractivity contribution in [3.05, 3.63) is 29.6 Å². The van der Waals surface area contributed by atoms with Crippen LogP contribution in [0.2, 0.25) is 0 Å². The van der Waals surface area contributed by atoms with Crippen molar-refractivity contribution < 1.29 is 0 Å². The average Bonchev–Trinajstić information content (AvgIpc) is 2.40. The van der Waals surface area contributed by atoms with Gasteiger partial charge in [-0.15, -0.1) is 0 Å². The Morgan fingerprint density at radius 3 is 2.72 bits per heavy atom. The third-order valence-electron chi connectivity index (χ3n) is 3.77. The lowest BCUT2D eigenvalue weighted by molar-refractivity contribution is 0.355. The Morgan fingerprint density at radius 1 is 1.39 bits per heavy atom. The van der Waals surface area contributed by atoms with Crippen LogP contribution in [0.3, 0.4) is 0 Å². The number of nitrogens with zero attached hydrogens (tertiary/aromatic N) is 1. The van der Waals surface area contributed by atoms with Gasteiger partial charge < -0.3 is 0 Å². The van der Waals surface area contributed by atoms with Crippen LogP contribution >= 0.6 is 0 Å². The van der Waals surface area contributed by atoms with Crippen LogP contribution in [0, 0.1) is 12.8 Å². The first kappa shape index (κ1) is 15.1. The van der Waals surface area contributed by atoms with E-state index in [1.807, 2.05) is 18.5 Å². The summed E-state index contributed by atoms with van der Waals surface area (Å²) in [7, 11) is 0. The van der Waals surface area contributed by atoms with Crippen LogP contribution in [0.1, 0.15) is 63.1 Å². The molecule has 1 rings (SSSR count). The number of nitrogens with one attached hydrogen (secondary N) is 1. The highest BCUT2D eigenvalue weighted by atomic mass is 15.2. The van der Waals surface area contributed by atoms with Crippen molar-refractivity contribution in [2.24, 2.45) is 11.8 Å². The molecule has 3 nitrogen and oxygen atoms in total. The van der Waals surface area contributed by atoms with Gasteiger partial charge in [0.15, 0.2) is 0 Å². The van der Waals surface area contributed by atoms with Gasteiger partial charge in [0, 0.05) is 18.4 Å². The van der Waals surface area contributed by atoms with Gasteiger partial charge in [0.2, 0.25) is 0 Å². The molecule has 0 radical (unpaired) electrons. The van der Waals surface area contributed by atoms with Crippen LogP contribution in [-0.4, -0.2) is 4.98 Å². The maximum absolute atomic E-state index is 5.73. The van der Waals surface area contributed by atoms with Crippen LogP contribution in [0.5, 0.6) is 0 Å². The number of hydrogen-bond donors (Lipinski definition) is 2. The minimum absolute atomic E-state index is 0.223. The standard InChI is InChI=1S/C15H27N3/c1-4-6-7-13(5-2)10-15(18-16)14-11-17-9-8-12(14)3/h8-9,11,13,15,18H,4-7,10,16H2,1-3H3. The number of unbranched alkanes of at least 4 members (excludes halogenated alkanes) is 1. The van der Waals surface area contributed by atoms with Crippen molar-refractivity contribution in [2.75, 3.05) is 0 Å². The SMILES string of the molecule is CCCCC(CC)CC(NN)c1cnccc1C. The molecule has 0 saturated heterocycles. The van der Waals surface area contributed by atoms with E-state index in [0.29, 0.717) is 0 Å². The molecule has 0 aliphatic rings. The van der Waals surface area contributed by atoms with E-state index in [0.717, 1.165) is 12.3 Å². The maximum Gasteiger partial charge on any atom is 0.0480 e. The normalized spacial score (nSPS) is 14.4. The molecule has 3 heteroatoms. The van der Waals surface area contributed by atoms with Crippen LogP contribution in [0.15, 0.2) is 18.5 Å². The molecule has 0 aliphatic carbocycles. The van der Waals surface area contributed by atoms with Crippen molar-refractivity contribution in [1.82, 2.24) is 10.4 Å². The molecule has 102 valence electrons. The van der Waals surface area contributed by atoms with Crippen molar-refractivity contribution in [2.45, 2.75) is 58.9 Å². The third-order valence-corrected chi connectivity index (χ3v) is 3.77. The summed E-state index contributed by atoms with van der Waals surface area (Å²) in [5.74, 6) is 6.47. The van der Waals surface area contributed by atoms with E-state index in [2.05, 4.69) is 31.2 Å². The van der Waals surface area contributed by atoms with E-state index in [-0.39, 0.29) is 6.04 Å². The van der Waals surface area contributed by atoms with E-state index in [4.69, 9.17) is 5.84 Å². The Hall–Kier alpha value is -0.930. The topological polar surface area (TPSA) is 50.9 Å². The Kier molecular flexibility index (Phi) is 6.91. The zero-order valence-corrected chi connectivity index (χ0v) is 11.9. The molecule has 2 unspecified atom stereocenters. The van der Waals surface area contributed by atoms with Gasteiger partial charge in [-0.1, -0.05) is 39.5 Å². The number of hydrogen-bond acceptors (Lipinski definition) is 3. The van der Waals surface area contributed by atoms with E-state index < -0.39 is 0 Å². The molecular formula is C15H27N3. The lowest BCUT2D eigenvalue weighted by Crippen LogP contribution is -2.30. The second-order valence-electron chi connectivity index (χ2n) is 5.10. The Balaban J connectivity index is 2.68. The van der Waals surface area contributed by atoms with Crippen LogP contribution in [-0.2, 0) is 0 Å². The quantitative estimate of drug-likeness (QED) is 0.547. The molecule has 1 aromatic heterocycles. The molecule has 1 heterocycles. The molecule has 2 atom stereocenters. The Labute approximate surface area is 111 Å². The van der Waals surface area contributed by atoms with Gasteiger partial charge in [-0.2, -0.15) is 0 Å². The summed E-state index contributed by atoms with van der Waals surface area (Å²) in [5, 5.41) is 0. The summed E-state index contributed by atoms with van der Waals surface area (Å²) in [6.07, 6.45) is 9.96. The largest absolute Gasteiger partial charge is 0.271 e. The van der Waals surface area contributed by atoms with E-state index in [1.54, 1.807) is 0 Å². The van der Waals surface area contributed by atoms with Gasteiger partial charge in [0.1, 0.15) is 0 Å². The van der Waals surface area contributed by atoms with Gasteiger partial charge in [-0.3, -0.25) is 16.3 Å². The van der Waals surface area contributed by atoms with Crippen LogP contribution < -0.4 is 11.3 Å². The summed E-state index contributed by atoms with van der Waals surface area (Å²) in [6, 6.07) is 2.27. The predicted octanol–water partition coefficient (Wildman–Crippen LogP) is 3.50. The number of aryl methyl sites for hydroxylation is 1. The number of nitrogens with two attached hydrogens (primary N) is 1. The summed E-state index contributed by atoms with van der Waals surface area (Å²) in [5.41, 5.74) is 5.45. The van der Waals surface area contributed by atoms with E-state index in [9.17, 15) is 0 Å². The maximum atomic E-state index is 5.73. The van der Waals surface area contributed by atoms with Gasteiger partial charge >= 0.3 is 0 Å². The highest BCUT2D eigenvalue weighted by Crippen LogP contribution is 2.27. The van der Waals surface area contributed by atoms with Gasteiger partial charge in [-0.25, -0.2) is 0 Å². The van der Waals surface area contributed by atoms with Crippen molar-refractivity contribution in [3.8, 4) is 0 Å². The van der Waals surface area contributed by atoms with Gasteiger partial charge in [0.05, 0.1) is 0 Å². The number of rotatable bonds is 8. The fraction of sp³-hybridized carbons (Fsp3) is 0.667. The minimum atomic E-state index is 0.223. The first-order chi connectivity index (χ1) is 8.72. The second kappa shape index (κ2) is 8.22.